The fourth-order valence-corrected chi connectivity index (χ4v) is 1.48. The molecule has 0 saturated carbocycles. The van der Waals surface area contributed by atoms with Crippen molar-refractivity contribution in [1.82, 2.24) is 19.5 Å². The second-order valence-corrected chi connectivity index (χ2v) is 3.45. The molecule has 7 nitrogen and oxygen atoms in total. The monoisotopic (exact) mass is 274 g/mol. The Balaban J connectivity index is 2.67. The van der Waals surface area contributed by atoms with Gasteiger partial charge in [-0.05, 0) is 0 Å². The number of nitrogens with one attached hydrogen (secondary N) is 1. The van der Waals surface area contributed by atoms with Gasteiger partial charge in [-0.3, -0.25) is 4.79 Å². The molecule has 0 atom stereocenters. The number of aliphatic hydroxyl groups excluding tert-OH is 1. The van der Waals surface area contributed by atoms with Crippen LogP contribution in [0.4, 0.5) is 19.0 Å². The fraction of sp³-hybridized carbons (Fsp3) is 0.333. The van der Waals surface area contributed by atoms with E-state index in [1.165, 1.54) is 17.3 Å². The first-order chi connectivity index (χ1) is 8.97. The third kappa shape index (κ3) is 2.47. The molecule has 0 aromatic carbocycles. The van der Waals surface area contributed by atoms with Gasteiger partial charge in [0.1, 0.15) is 0 Å². The van der Waals surface area contributed by atoms with Crippen LogP contribution in [0.15, 0.2) is 6.33 Å². The van der Waals surface area contributed by atoms with E-state index in [2.05, 4.69) is 15.0 Å². The predicted octanol–water partition coefficient (Wildman–Crippen LogP) is 0.316. The Morgan fingerprint density at radius 1 is 1.42 bits per heavy atom. The molecule has 19 heavy (non-hydrogen) atoms. The predicted molar refractivity (Wildman–Crippen MR) is 56.7 cm³/mol. The minimum absolute atomic E-state index is 0.00944. The van der Waals surface area contributed by atoms with Crippen molar-refractivity contribution in [2.75, 3.05) is 11.9 Å². The number of fused-ring (bicyclic) bond motifs is 1. The first-order valence-electron chi connectivity index (χ1n) is 5.01. The van der Waals surface area contributed by atoms with Crippen LogP contribution in [0, 0.1) is 0 Å². The van der Waals surface area contributed by atoms with Crippen LogP contribution in [0.5, 0.6) is 0 Å². The Labute approximate surface area is 104 Å². The molecule has 1 amide bonds. The Hall–Kier alpha value is -2.23. The van der Waals surface area contributed by atoms with Gasteiger partial charge in [0.05, 0.1) is 12.9 Å². The molecule has 2 heterocycles. The second kappa shape index (κ2) is 4.80. The number of imidazole rings is 1. The number of nitrogens with zero attached hydrogens (tertiary/aromatic N) is 4. The largest absolute Gasteiger partial charge is 0.451 e. The number of alkyl halides is 3. The van der Waals surface area contributed by atoms with Crippen LogP contribution in [0.25, 0.3) is 11.2 Å². The van der Waals surface area contributed by atoms with Gasteiger partial charge in [-0.2, -0.15) is 13.2 Å². The number of halogens is 3. The zero-order chi connectivity index (χ0) is 14.0. The van der Waals surface area contributed by atoms with E-state index in [0.29, 0.717) is 0 Å². The third-order valence-corrected chi connectivity index (χ3v) is 2.23. The Morgan fingerprint density at radius 2 is 2.16 bits per heavy atom. The van der Waals surface area contributed by atoms with Gasteiger partial charge in [0, 0.05) is 6.54 Å². The van der Waals surface area contributed by atoms with Crippen LogP contribution in [0.3, 0.4) is 0 Å². The highest BCUT2D eigenvalue weighted by Gasteiger charge is 2.36. The Morgan fingerprint density at radius 3 is 2.74 bits per heavy atom. The van der Waals surface area contributed by atoms with Crippen LogP contribution in [0.1, 0.15) is 5.82 Å². The van der Waals surface area contributed by atoms with Crippen LogP contribution in [-0.4, -0.2) is 37.6 Å². The lowest BCUT2D eigenvalue weighted by Crippen LogP contribution is -2.14. The molecule has 2 aromatic rings. The molecule has 2 aromatic heterocycles. The number of aliphatic hydroxyl groups is 1. The zero-order valence-corrected chi connectivity index (χ0v) is 9.27. The van der Waals surface area contributed by atoms with Crippen molar-refractivity contribution in [1.29, 1.82) is 0 Å². The molecule has 0 spiro atoms. The number of carbonyl (C=O) groups excluding carboxylic acids is 1. The quantitative estimate of drug-likeness (QED) is 0.783. The summed E-state index contributed by atoms with van der Waals surface area (Å²) in [6, 6.07) is 0. The van der Waals surface area contributed by atoms with Gasteiger partial charge >= 0.3 is 12.6 Å². The van der Waals surface area contributed by atoms with Crippen molar-refractivity contribution in [3.05, 3.63) is 12.2 Å². The maximum atomic E-state index is 12.6. The summed E-state index contributed by atoms with van der Waals surface area (Å²) in [5.41, 5.74) is -0.140. The molecule has 1 radical (unpaired) electrons. The lowest BCUT2D eigenvalue weighted by Gasteiger charge is -2.08. The molecule has 0 saturated heterocycles. The third-order valence-electron chi connectivity index (χ3n) is 2.23. The summed E-state index contributed by atoms with van der Waals surface area (Å²) in [6.07, 6.45) is -2.32. The van der Waals surface area contributed by atoms with E-state index in [9.17, 15) is 18.0 Å². The average Bonchev–Trinajstić information content (AvgIpc) is 2.73. The maximum Gasteiger partial charge on any atom is 0.451 e. The number of amides is 1. The van der Waals surface area contributed by atoms with Gasteiger partial charge in [-0.25, -0.2) is 15.0 Å². The normalized spacial score (nSPS) is 11.8. The number of rotatable bonds is 4. The molecule has 0 aliphatic heterocycles. The van der Waals surface area contributed by atoms with Crippen molar-refractivity contribution in [3.8, 4) is 0 Å². The minimum Gasteiger partial charge on any atom is -0.395 e. The zero-order valence-electron chi connectivity index (χ0n) is 9.27. The standard InChI is InChI=1S/C9H7F3N5O2/c10-9(11,12)8-15-6(14-4-19)5-7(16-8)17(1-2-18)3-13-5/h3,18H,1-2H2,(H,14,15,16,19). The number of aromatic nitrogens is 4. The summed E-state index contributed by atoms with van der Waals surface area (Å²) in [5.74, 6) is -1.79. The number of anilines is 1. The van der Waals surface area contributed by atoms with Crippen molar-refractivity contribution < 1.29 is 23.1 Å². The Kier molecular flexibility index (Phi) is 3.34. The van der Waals surface area contributed by atoms with Gasteiger partial charge in [0.25, 0.3) is 0 Å². The Bertz CT molecular complexity index is 610. The SMILES string of the molecule is O=[C]Nc1nc(C(F)(F)F)nc2c1ncn2CCO. The molecular formula is C9H7F3N5O2. The van der Waals surface area contributed by atoms with Crippen molar-refractivity contribution in [2.45, 2.75) is 12.7 Å². The molecule has 0 aliphatic carbocycles. The van der Waals surface area contributed by atoms with Crippen molar-refractivity contribution in [3.63, 3.8) is 0 Å². The van der Waals surface area contributed by atoms with E-state index in [4.69, 9.17) is 5.11 Å². The summed E-state index contributed by atoms with van der Waals surface area (Å²) in [4.78, 5) is 20.6. The molecule has 2 N–H and O–H groups in total. The van der Waals surface area contributed by atoms with Crippen LogP contribution in [-0.2, 0) is 17.5 Å². The van der Waals surface area contributed by atoms with Crippen LogP contribution >= 0.6 is 0 Å². The summed E-state index contributed by atoms with van der Waals surface area (Å²) in [5, 5.41) is 10.7. The maximum absolute atomic E-state index is 12.6. The van der Waals surface area contributed by atoms with E-state index >= 15 is 0 Å². The second-order valence-electron chi connectivity index (χ2n) is 3.45. The first-order valence-corrected chi connectivity index (χ1v) is 5.01. The highest BCUT2D eigenvalue weighted by Crippen LogP contribution is 2.29. The van der Waals surface area contributed by atoms with E-state index < -0.39 is 12.0 Å². The van der Waals surface area contributed by atoms with Crippen molar-refractivity contribution in [2.24, 2.45) is 0 Å². The van der Waals surface area contributed by atoms with E-state index in [1.54, 1.807) is 0 Å². The molecule has 0 bridgehead atoms. The number of hydrogen-bond donors (Lipinski definition) is 2. The van der Waals surface area contributed by atoms with Gasteiger partial charge < -0.3 is 15.0 Å². The lowest BCUT2D eigenvalue weighted by atomic mass is 10.4. The summed E-state index contributed by atoms with van der Waals surface area (Å²) >= 11 is 0. The molecule has 0 unspecified atom stereocenters. The van der Waals surface area contributed by atoms with Crippen molar-refractivity contribution >= 4 is 23.4 Å². The van der Waals surface area contributed by atoms with E-state index in [0.717, 1.165) is 0 Å². The van der Waals surface area contributed by atoms with Gasteiger partial charge in [-0.1, -0.05) is 0 Å². The van der Waals surface area contributed by atoms with Gasteiger partial charge in [0.2, 0.25) is 5.82 Å². The van der Waals surface area contributed by atoms with E-state index in [-0.39, 0.29) is 30.1 Å². The minimum atomic E-state index is -4.76. The van der Waals surface area contributed by atoms with Gasteiger partial charge in [0.15, 0.2) is 17.0 Å². The smallest absolute Gasteiger partial charge is 0.395 e. The molecule has 10 heteroatoms. The summed E-state index contributed by atoms with van der Waals surface area (Å²) in [7, 11) is 0. The van der Waals surface area contributed by atoms with Crippen LogP contribution in [0.2, 0.25) is 0 Å². The molecule has 2 rings (SSSR count). The van der Waals surface area contributed by atoms with E-state index in [1.807, 2.05) is 5.32 Å². The lowest BCUT2D eigenvalue weighted by molar-refractivity contribution is -0.144. The van der Waals surface area contributed by atoms with Crippen LogP contribution < -0.4 is 5.32 Å². The first kappa shape index (κ1) is 13.2. The summed E-state index contributed by atoms with van der Waals surface area (Å²) < 4.78 is 39.1. The molecule has 101 valence electrons. The average molecular weight is 274 g/mol. The highest BCUT2D eigenvalue weighted by molar-refractivity contribution is 5.88. The summed E-state index contributed by atoms with van der Waals surface area (Å²) in [6.45, 7) is -0.269. The molecule has 0 aliphatic rings. The number of hydrogen-bond acceptors (Lipinski definition) is 5. The molecular weight excluding hydrogens is 267 g/mol. The molecule has 0 fully saturated rings. The van der Waals surface area contributed by atoms with Gasteiger partial charge in [-0.15, -0.1) is 0 Å². The highest BCUT2D eigenvalue weighted by atomic mass is 19.4. The topological polar surface area (TPSA) is 92.9 Å². The fourth-order valence-electron chi connectivity index (χ4n) is 1.48.